The molecule has 0 spiro atoms. The fourth-order valence-electron chi connectivity index (χ4n) is 1.42. The van der Waals surface area contributed by atoms with E-state index in [0.717, 1.165) is 5.56 Å². The Hall–Kier alpha value is -1.82. The summed E-state index contributed by atoms with van der Waals surface area (Å²) in [6.07, 6.45) is 1.30. The SMILES string of the molecule is Cc1ncc(S(=O)(=O)Nc2ccccc2C)[nH]1. The molecule has 0 aliphatic heterocycles. The van der Waals surface area contributed by atoms with Crippen LogP contribution in [0.3, 0.4) is 0 Å². The molecule has 2 N–H and O–H groups in total. The zero-order valence-electron chi connectivity index (χ0n) is 9.56. The number of imidazole rings is 1. The smallest absolute Gasteiger partial charge is 0.278 e. The lowest BCUT2D eigenvalue weighted by atomic mass is 10.2. The Balaban J connectivity index is 2.33. The molecule has 1 aromatic carbocycles. The van der Waals surface area contributed by atoms with Crippen LogP contribution < -0.4 is 4.72 Å². The van der Waals surface area contributed by atoms with Crippen LogP contribution >= 0.6 is 0 Å². The van der Waals surface area contributed by atoms with Crippen LogP contribution in [0.4, 0.5) is 5.69 Å². The maximum atomic E-state index is 12.0. The van der Waals surface area contributed by atoms with E-state index in [9.17, 15) is 8.42 Å². The summed E-state index contributed by atoms with van der Waals surface area (Å²) in [4.78, 5) is 6.57. The second-order valence-electron chi connectivity index (χ2n) is 3.75. The zero-order chi connectivity index (χ0) is 12.5. The first kappa shape index (κ1) is 11.7. The third-order valence-corrected chi connectivity index (χ3v) is 3.63. The zero-order valence-corrected chi connectivity index (χ0v) is 10.4. The Morgan fingerprint density at radius 2 is 1.94 bits per heavy atom. The van der Waals surface area contributed by atoms with E-state index in [1.165, 1.54) is 6.20 Å². The molecule has 2 aromatic rings. The number of rotatable bonds is 3. The van der Waals surface area contributed by atoms with Crippen molar-refractivity contribution in [3.8, 4) is 0 Å². The molecule has 0 aliphatic rings. The van der Waals surface area contributed by atoms with Crippen molar-refractivity contribution in [3.05, 3.63) is 41.9 Å². The highest BCUT2D eigenvalue weighted by Crippen LogP contribution is 2.17. The van der Waals surface area contributed by atoms with Crippen LogP contribution in [0.1, 0.15) is 11.4 Å². The van der Waals surface area contributed by atoms with Crippen LogP contribution in [-0.2, 0) is 10.0 Å². The molecular weight excluding hydrogens is 238 g/mol. The largest absolute Gasteiger partial charge is 0.332 e. The molecule has 0 radical (unpaired) electrons. The Kier molecular flexibility index (Phi) is 2.89. The molecule has 6 heteroatoms. The first-order chi connectivity index (χ1) is 7.99. The van der Waals surface area contributed by atoms with Gasteiger partial charge in [0, 0.05) is 0 Å². The van der Waals surface area contributed by atoms with Gasteiger partial charge in [0.2, 0.25) is 0 Å². The number of sulfonamides is 1. The number of para-hydroxylation sites is 1. The highest BCUT2D eigenvalue weighted by atomic mass is 32.2. The van der Waals surface area contributed by atoms with Gasteiger partial charge in [0.15, 0.2) is 5.03 Å². The van der Waals surface area contributed by atoms with E-state index in [0.29, 0.717) is 11.5 Å². The highest BCUT2D eigenvalue weighted by molar-refractivity contribution is 7.92. The normalized spacial score (nSPS) is 11.4. The number of H-pyrrole nitrogens is 1. The van der Waals surface area contributed by atoms with Gasteiger partial charge in [0.25, 0.3) is 10.0 Å². The Morgan fingerprint density at radius 1 is 1.24 bits per heavy atom. The summed E-state index contributed by atoms with van der Waals surface area (Å²) in [6, 6.07) is 7.20. The van der Waals surface area contributed by atoms with Gasteiger partial charge in [0.1, 0.15) is 5.82 Å². The van der Waals surface area contributed by atoms with Gasteiger partial charge in [-0.2, -0.15) is 8.42 Å². The monoisotopic (exact) mass is 251 g/mol. The number of hydrogen-bond donors (Lipinski definition) is 2. The van der Waals surface area contributed by atoms with E-state index in [2.05, 4.69) is 14.7 Å². The molecule has 1 heterocycles. The van der Waals surface area contributed by atoms with Gasteiger partial charge < -0.3 is 4.98 Å². The number of anilines is 1. The van der Waals surface area contributed by atoms with Crippen molar-refractivity contribution < 1.29 is 8.42 Å². The summed E-state index contributed by atoms with van der Waals surface area (Å²) >= 11 is 0. The van der Waals surface area contributed by atoms with Gasteiger partial charge in [-0.1, -0.05) is 18.2 Å². The molecule has 0 unspecified atom stereocenters. The molecule has 1 aromatic heterocycles. The number of nitrogens with one attached hydrogen (secondary N) is 2. The average Bonchev–Trinajstić information content (AvgIpc) is 2.69. The maximum absolute atomic E-state index is 12.0. The summed E-state index contributed by atoms with van der Waals surface area (Å²) < 4.78 is 26.5. The number of benzene rings is 1. The molecule has 0 aliphatic carbocycles. The topological polar surface area (TPSA) is 74.8 Å². The maximum Gasteiger partial charge on any atom is 0.278 e. The van der Waals surface area contributed by atoms with Crippen LogP contribution in [0, 0.1) is 13.8 Å². The molecule has 0 bridgehead atoms. The number of hydrogen-bond acceptors (Lipinski definition) is 3. The summed E-state index contributed by atoms with van der Waals surface area (Å²) in [5.41, 5.74) is 1.44. The third-order valence-electron chi connectivity index (χ3n) is 2.36. The van der Waals surface area contributed by atoms with E-state index in [1.54, 1.807) is 19.1 Å². The van der Waals surface area contributed by atoms with Gasteiger partial charge in [0.05, 0.1) is 11.9 Å². The van der Waals surface area contributed by atoms with Crippen molar-refractivity contribution >= 4 is 15.7 Å². The minimum atomic E-state index is -3.58. The summed E-state index contributed by atoms with van der Waals surface area (Å²) in [5, 5.41) is 0.0678. The fourth-order valence-corrected chi connectivity index (χ4v) is 2.52. The average molecular weight is 251 g/mol. The number of aromatic nitrogens is 2. The van der Waals surface area contributed by atoms with Crippen LogP contribution in [0.15, 0.2) is 35.5 Å². The van der Waals surface area contributed by atoms with E-state index in [1.807, 2.05) is 19.1 Å². The van der Waals surface area contributed by atoms with Crippen molar-refractivity contribution in [2.24, 2.45) is 0 Å². The predicted octanol–water partition coefficient (Wildman–Crippen LogP) is 1.83. The molecule has 5 nitrogen and oxygen atoms in total. The van der Waals surface area contributed by atoms with Crippen molar-refractivity contribution in [2.45, 2.75) is 18.9 Å². The van der Waals surface area contributed by atoms with E-state index in [4.69, 9.17) is 0 Å². The summed E-state index contributed by atoms with van der Waals surface area (Å²) in [7, 11) is -3.58. The first-order valence-corrected chi connectivity index (χ1v) is 6.57. The van der Waals surface area contributed by atoms with Gasteiger partial charge in [-0.15, -0.1) is 0 Å². The van der Waals surface area contributed by atoms with E-state index in [-0.39, 0.29) is 5.03 Å². The summed E-state index contributed by atoms with van der Waals surface area (Å²) in [6.45, 7) is 3.54. The van der Waals surface area contributed by atoms with E-state index < -0.39 is 10.0 Å². The second-order valence-corrected chi connectivity index (χ2v) is 5.40. The first-order valence-electron chi connectivity index (χ1n) is 5.09. The minimum Gasteiger partial charge on any atom is -0.332 e. The van der Waals surface area contributed by atoms with Crippen molar-refractivity contribution in [3.63, 3.8) is 0 Å². The minimum absolute atomic E-state index is 0.0678. The van der Waals surface area contributed by atoms with Crippen LogP contribution in [0.25, 0.3) is 0 Å². The quantitative estimate of drug-likeness (QED) is 0.873. The van der Waals surface area contributed by atoms with Gasteiger partial charge in [-0.05, 0) is 25.5 Å². The van der Waals surface area contributed by atoms with Gasteiger partial charge in [-0.25, -0.2) is 4.98 Å². The van der Waals surface area contributed by atoms with Crippen LogP contribution in [-0.4, -0.2) is 18.4 Å². The fraction of sp³-hybridized carbons (Fsp3) is 0.182. The highest BCUT2D eigenvalue weighted by Gasteiger charge is 2.17. The molecule has 90 valence electrons. The number of aromatic amines is 1. The third kappa shape index (κ3) is 2.47. The molecule has 0 saturated carbocycles. The number of nitrogens with zero attached hydrogens (tertiary/aromatic N) is 1. The van der Waals surface area contributed by atoms with E-state index >= 15 is 0 Å². The Morgan fingerprint density at radius 3 is 2.53 bits per heavy atom. The molecule has 0 saturated heterocycles. The van der Waals surface area contributed by atoms with Crippen molar-refractivity contribution in [1.29, 1.82) is 0 Å². The standard InChI is InChI=1S/C11H13N3O2S/c1-8-5-3-4-6-10(8)14-17(15,16)11-7-12-9(2)13-11/h3-7,14H,1-2H3,(H,12,13). The Labute approximate surface area is 100.0 Å². The lowest BCUT2D eigenvalue weighted by molar-refractivity contribution is 0.598. The molecular formula is C11H13N3O2S. The van der Waals surface area contributed by atoms with Crippen molar-refractivity contribution in [2.75, 3.05) is 4.72 Å². The Bertz CT molecular complexity index is 632. The van der Waals surface area contributed by atoms with Gasteiger partial charge >= 0.3 is 0 Å². The molecule has 0 atom stereocenters. The molecule has 0 amide bonds. The molecule has 17 heavy (non-hydrogen) atoms. The molecule has 0 fully saturated rings. The van der Waals surface area contributed by atoms with Gasteiger partial charge in [-0.3, -0.25) is 4.72 Å². The number of aryl methyl sites for hydroxylation is 2. The van der Waals surface area contributed by atoms with Crippen molar-refractivity contribution in [1.82, 2.24) is 9.97 Å². The predicted molar refractivity (Wildman–Crippen MR) is 65.3 cm³/mol. The lowest BCUT2D eigenvalue weighted by Crippen LogP contribution is -2.14. The summed E-state index contributed by atoms with van der Waals surface area (Å²) in [5.74, 6) is 0.565. The van der Waals surface area contributed by atoms with Crippen LogP contribution in [0.2, 0.25) is 0 Å². The molecule has 2 rings (SSSR count). The lowest BCUT2D eigenvalue weighted by Gasteiger charge is -2.08. The van der Waals surface area contributed by atoms with Crippen LogP contribution in [0.5, 0.6) is 0 Å². The second kappa shape index (κ2) is 4.21.